The van der Waals surface area contributed by atoms with E-state index in [0.29, 0.717) is 41.7 Å². The Balaban J connectivity index is 1.14. The summed E-state index contributed by atoms with van der Waals surface area (Å²) < 4.78 is 27.6. The minimum atomic E-state index is -3.79. The molecule has 0 radical (unpaired) electrons. The van der Waals surface area contributed by atoms with Gasteiger partial charge >= 0.3 is 0 Å². The monoisotopic (exact) mass is 683 g/mol. The number of hydrogen-bond donors (Lipinski definition) is 0. The molecule has 0 aliphatic carbocycles. The summed E-state index contributed by atoms with van der Waals surface area (Å²) in [5, 5.41) is 0.672. The molecule has 3 heterocycles. The van der Waals surface area contributed by atoms with Gasteiger partial charge in [-0.1, -0.05) is 66.7 Å². The van der Waals surface area contributed by atoms with Gasteiger partial charge in [-0.3, -0.25) is 9.59 Å². The van der Waals surface area contributed by atoms with Gasteiger partial charge in [0.1, 0.15) is 6.33 Å². The number of carbonyl (C=O) groups excluding carboxylic acids is 2. The van der Waals surface area contributed by atoms with Crippen LogP contribution >= 0.6 is 0 Å². The van der Waals surface area contributed by atoms with E-state index < -0.39 is 10.0 Å². The number of aromatic nitrogens is 4. The molecule has 3 aromatic carbocycles. The second kappa shape index (κ2) is 14.9. The third-order valence-electron chi connectivity index (χ3n) is 8.39. The van der Waals surface area contributed by atoms with Crippen molar-refractivity contribution in [1.29, 1.82) is 0 Å². The van der Waals surface area contributed by atoms with Gasteiger partial charge in [0.15, 0.2) is 17.2 Å². The van der Waals surface area contributed by atoms with Gasteiger partial charge < -0.3 is 4.90 Å². The van der Waals surface area contributed by atoms with Crippen molar-refractivity contribution in [2.75, 3.05) is 20.6 Å². The van der Waals surface area contributed by atoms with E-state index in [-0.39, 0.29) is 22.9 Å². The standard InChI is InChI=1S/C40H37N5O4S/c1-28-11-12-30(22-39(47)31-15-13-29(14-16-31)21-36(46)8-7-18-44(2)3)20-33(28)24-35-25-38(43-27-42-35)34-23-32-17-19-45(40(32)41-26-34)50(48,49)37-9-5-4-6-10-37/h4-17,19-20,23,25-27H,18,21-22,24H2,1-3H3/b8-7+. The van der Waals surface area contributed by atoms with Crippen molar-refractivity contribution in [3.63, 3.8) is 0 Å². The zero-order valence-corrected chi connectivity index (χ0v) is 29.0. The number of rotatable bonds is 13. The second-order valence-corrected chi connectivity index (χ2v) is 14.3. The summed E-state index contributed by atoms with van der Waals surface area (Å²) in [5.41, 5.74) is 7.05. The quantitative estimate of drug-likeness (QED) is 0.103. The summed E-state index contributed by atoms with van der Waals surface area (Å²) in [7, 11) is 0.106. The predicted molar refractivity (Wildman–Crippen MR) is 195 cm³/mol. The van der Waals surface area contributed by atoms with Gasteiger partial charge in [0.25, 0.3) is 10.0 Å². The molecule has 0 saturated carbocycles. The highest BCUT2D eigenvalue weighted by Crippen LogP contribution is 2.26. The van der Waals surface area contributed by atoms with Crippen LogP contribution in [0.3, 0.4) is 0 Å². The lowest BCUT2D eigenvalue weighted by Gasteiger charge is -2.10. The Kier molecular flexibility index (Phi) is 10.2. The summed E-state index contributed by atoms with van der Waals surface area (Å²) in [6, 6.07) is 27.1. The smallest absolute Gasteiger partial charge is 0.269 e. The van der Waals surface area contributed by atoms with Crippen molar-refractivity contribution >= 4 is 32.6 Å². The summed E-state index contributed by atoms with van der Waals surface area (Å²) >= 11 is 0. The van der Waals surface area contributed by atoms with E-state index >= 15 is 0 Å². The molecule has 0 aliphatic heterocycles. The van der Waals surface area contributed by atoms with Crippen molar-refractivity contribution in [2.45, 2.75) is 31.1 Å². The number of fused-ring (bicyclic) bond motifs is 1. The topological polar surface area (TPSA) is 115 Å². The molecular formula is C40H37N5O4S. The molecule has 6 aromatic rings. The Hall–Kier alpha value is -5.58. The van der Waals surface area contributed by atoms with Gasteiger partial charge in [0, 0.05) is 60.4 Å². The third-order valence-corrected chi connectivity index (χ3v) is 10.1. The van der Waals surface area contributed by atoms with E-state index in [9.17, 15) is 18.0 Å². The zero-order chi connectivity index (χ0) is 35.3. The summed E-state index contributed by atoms with van der Waals surface area (Å²) in [4.78, 5) is 41.1. The van der Waals surface area contributed by atoms with Crippen LogP contribution in [0.5, 0.6) is 0 Å². The lowest BCUT2D eigenvalue weighted by molar-refractivity contribution is -0.114. The van der Waals surface area contributed by atoms with Crippen molar-refractivity contribution in [1.82, 2.24) is 23.8 Å². The molecule has 0 aliphatic rings. The first-order valence-corrected chi connectivity index (χ1v) is 17.6. The maximum atomic E-state index is 13.2. The summed E-state index contributed by atoms with van der Waals surface area (Å²) in [6.45, 7) is 2.74. The van der Waals surface area contributed by atoms with Crippen molar-refractivity contribution in [3.05, 3.63) is 155 Å². The van der Waals surface area contributed by atoms with Crippen LogP contribution in [0.25, 0.3) is 22.3 Å². The molecule has 0 atom stereocenters. The van der Waals surface area contributed by atoms with Gasteiger partial charge in [-0.15, -0.1) is 0 Å². The first kappa shape index (κ1) is 34.3. The first-order chi connectivity index (χ1) is 24.1. The first-order valence-electron chi connectivity index (χ1n) is 16.2. The SMILES string of the molecule is Cc1ccc(CC(=O)c2ccc(CC(=O)/C=C/CN(C)C)cc2)cc1Cc1cc(-c2cnc3c(ccn3S(=O)(=O)c3ccccc3)c2)ncn1. The van der Waals surface area contributed by atoms with Gasteiger partial charge in [-0.05, 0) is 79.7 Å². The highest BCUT2D eigenvalue weighted by molar-refractivity contribution is 7.90. The number of hydrogen-bond acceptors (Lipinski definition) is 8. The lowest BCUT2D eigenvalue weighted by Crippen LogP contribution is -2.12. The van der Waals surface area contributed by atoms with Gasteiger partial charge in [0.2, 0.25) is 0 Å². The summed E-state index contributed by atoms with van der Waals surface area (Å²) in [5.74, 6) is 0.0275. The number of benzene rings is 3. The molecule has 0 amide bonds. The summed E-state index contributed by atoms with van der Waals surface area (Å²) in [6.07, 6.45) is 9.19. The Morgan fingerprint density at radius 2 is 1.60 bits per heavy atom. The van der Waals surface area contributed by atoms with Crippen LogP contribution in [0.2, 0.25) is 0 Å². The van der Waals surface area contributed by atoms with Gasteiger partial charge in [-0.2, -0.15) is 0 Å². The predicted octanol–water partition coefficient (Wildman–Crippen LogP) is 6.28. The molecule has 3 aromatic heterocycles. The fourth-order valence-corrected chi connectivity index (χ4v) is 6.99. The Morgan fingerprint density at radius 1 is 0.840 bits per heavy atom. The van der Waals surface area contributed by atoms with E-state index in [0.717, 1.165) is 33.5 Å². The number of pyridine rings is 1. The van der Waals surface area contributed by atoms with Crippen molar-refractivity contribution in [2.24, 2.45) is 0 Å². The number of allylic oxidation sites excluding steroid dienone is 1. The maximum absolute atomic E-state index is 13.2. The van der Waals surface area contributed by atoms with Crippen LogP contribution in [0.4, 0.5) is 0 Å². The zero-order valence-electron chi connectivity index (χ0n) is 28.2. The van der Waals surface area contributed by atoms with E-state index in [1.165, 1.54) is 16.5 Å². The third kappa shape index (κ3) is 7.99. The van der Waals surface area contributed by atoms with Crippen LogP contribution in [0.15, 0.2) is 127 Å². The molecule has 9 nitrogen and oxygen atoms in total. The minimum Gasteiger partial charge on any atom is -0.306 e. The highest BCUT2D eigenvalue weighted by atomic mass is 32.2. The Bertz CT molecular complexity index is 2310. The number of ketones is 2. The van der Waals surface area contributed by atoms with Gasteiger partial charge in [0.05, 0.1) is 10.6 Å². The highest BCUT2D eigenvalue weighted by Gasteiger charge is 2.20. The molecule has 0 N–H and O–H groups in total. The molecule has 10 heteroatoms. The van der Waals surface area contributed by atoms with Crippen LogP contribution in [0.1, 0.15) is 38.3 Å². The maximum Gasteiger partial charge on any atom is 0.269 e. The van der Waals surface area contributed by atoms with E-state index in [1.807, 2.05) is 74.5 Å². The van der Waals surface area contributed by atoms with Crippen LogP contribution < -0.4 is 0 Å². The Morgan fingerprint density at radius 3 is 2.36 bits per heavy atom. The number of likely N-dealkylation sites (N-methyl/N-ethyl adjacent to an activating group) is 1. The van der Waals surface area contributed by atoms with Gasteiger partial charge in [-0.25, -0.2) is 27.3 Å². The fraction of sp³-hybridized carbons (Fsp3) is 0.175. The van der Waals surface area contributed by atoms with Crippen LogP contribution in [-0.2, 0) is 34.1 Å². The number of carbonyl (C=O) groups is 2. The molecule has 0 saturated heterocycles. The number of Topliss-reactive ketones (excluding diaryl/α,β-unsaturated/α-hetero) is 1. The van der Waals surface area contributed by atoms with Crippen molar-refractivity contribution in [3.8, 4) is 11.3 Å². The largest absolute Gasteiger partial charge is 0.306 e. The average Bonchev–Trinajstić information content (AvgIpc) is 3.55. The molecule has 0 spiro atoms. The normalized spacial score (nSPS) is 11.8. The average molecular weight is 684 g/mol. The van der Waals surface area contributed by atoms with E-state index in [4.69, 9.17) is 0 Å². The second-order valence-electron chi connectivity index (χ2n) is 12.5. The number of aryl methyl sites for hydroxylation is 1. The fourth-order valence-electron chi connectivity index (χ4n) is 5.66. The molecular weight excluding hydrogens is 647 g/mol. The lowest BCUT2D eigenvalue weighted by atomic mass is 9.96. The molecule has 0 unspecified atom stereocenters. The van der Waals surface area contributed by atoms with E-state index in [1.54, 1.807) is 60.8 Å². The Labute approximate surface area is 292 Å². The molecule has 6 rings (SSSR count). The van der Waals surface area contributed by atoms with Crippen LogP contribution in [0, 0.1) is 6.92 Å². The van der Waals surface area contributed by atoms with Crippen molar-refractivity contribution < 1.29 is 18.0 Å². The molecule has 50 heavy (non-hydrogen) atoms. The molecule has 0 fully saturated rings. The van der Waals surface area contributed by atoms with Crippen LogP contribution in [-0.4, -0.2) is 64.4 Å². The number of nitrogens with zero attached hydrogens (tertiary/aromatic N) is 5. The minimum absolute atomic E-state index is 0.00109. The molecule has 252 valence electrons. The molecule has 0 bridgehead atoms. The van der Waals surface area contributed by atoms with E-state index in [2.05, 4.69) is 15.0 Å².